The predicted octanol–water partition coefficient (Wildman–Crippen LogP) is 3.92. The molecular formula is C18H18ClN3OS. The number of benzene rings is 1. The van der Waals surface area contributed by atoms with E-state index in [1.165, 1.54) is 23.2 Å². The maximum Gasteiger partial charge on any atom is 0.138 e. The average Bonchev–Trinajstić information content (AvgIpc) is 3.05. The normalized spacial score (nSPS) is 13.9. The lowest BCUT2D eigenvalue weighted by Gasteiger charge is -2.24. The number of hydrogen-bond donors (Lipinski definition) is 1. The van der Waals surface area contributed by atoms with Crippen LogP contribution in [0.2, 0.25) is 5.15 Å². The quantitative estimate of drug-likeness (QED) is 0.701. The number of halogens is 1. The van der Waals surface area contributed by atoms with Crippen LogP contribution in [0.15, 0.2) is 54.3 Å². The Hall–Kier alpha value is -1.79. The monoisotopic (exact) mass is 359 g/mol. The van der Waals surface area contributed by atoms with E-state index < -0.39 is 6.10 Å². The molecule has 3 rings (SSSR count). The zero-order valence-electron chi connectivity index (χ0n) is 13.4. The lowest BCUT2D eigenvalue weighted by Crippen LogP contribution is -2.20. The van der Waals surface area contributed by atoms with Gasteiger partial charge in [-0.25, -0.2) is 9.97 Å². The highest BCUT2D eigenvalue weighted by molar-refractivity contribution is 7.10. The van der Waals surface area contributed by atoms with E-state index in [4.69, 9.17) is 11.6 Å². The van der Waals surface area contributed by atoms with Crippen LogP contribution in [0.3, 0.4) is 0 Å². The van der Waals surface area contributed by atoms with Gasteiger partial charge in [-0.2, -0.15) is 0 Å². The van der Waals surface area contributed by atoms with Crippen LogP contribution in [-0.4, -0.2) is 34.1 Å². The molecule has 0 saturated heterocycles. The average molecular weight is 360 g/mol. The summed E-state index contributed by atoms with van der Waals surface area (Å²) < 4.78 is 0. The molecule has 3 aromatic rings. The first kappa shape index (κ1) is 17.0. The van der Waals surface area contributed by atoms with E-state index in [1.807, 2.05) is 38.4 Å². The highest BCUT2D eigenvalue weighted by Crippen LogP contribution is 2.35. The van der Waals surface area contributed by atoms with Crippen molar-refractivity contribution in [3.8, 4) is 0 Å². The Balaban J connectivity index is 1.93. The van der Waals surface area contributed by atoms with Crippen LogP contribution in [-0.2, 0) is 0 Å². The summed E-state index contributed by atoms with van der Waals surface area (Å²) in [5.41, 5.74) is 2.87. The maximum atomic E-state index is 10.6. The topological polar surface area (TPSA) is 49.2 Å². The molecule has 0 bridgehead atoms. The molecule has 1 N–H and O–H groups in total. The molecule has 24 heavy (non-hydrogen) atoms. The zero-order chi connectivity index (χ0) is 17.1. The highest BCUT2D eigenvalue weighted by atomic mass is 35.5. The first-order chi connectivity index (χ1) is 11.6. The van der Waals surface area contributed by atoms with Crippen LogP contribution in [0, 0.1) is 0 Å². The Labute approximate surface area is 150 Å². The van der Waals surface area contributed by atoms with Gasteiger partial charge >= 0.3 is 0 Å². The molecule has 0 aliphatic heterocycles. The number of rotatable bonds is 5. The molecule has 2 aromatic heterocycles. The summed E-state index contributed by atoms with van der Waals surface area (Å²) in [6.07, 6.45) is 2.10. The third-order valence-electron chi connectivity index (χ3n) is 3.84. The van der Waals surface area contributed by atoms with Crippen LogP contribution < -0.4 is 0 Å². The molecule has 0 fully saturated rings. The van der Waals surface area contributed by atoms with E-state index >= 15 is 0 Å². The minimum atomic E-state index is -0.823. The number of hydrogen-bond acceptors (Lipinski definition) is 5. The van der Waals surface area contributed by atoms with Gasteiger partial charge in [-0.15, -0.1) is 11.3 Å². The first-order valence-corrected chi connectivity index (χ1v) is 8.77. The second-order valence-electron chi connectivity index (χ2n) is 5.73. The summed E-state index contributed by atoms with van der Waals surface area (Å²) in [4.78, 5) is 10.9. The largest absolute Gasteiger partial charge is 0.383 e. The summed E-state index contributed by atoms with van der Waals surface area (Å²) in [7, 11) is 4.10. The third-order valence-corrected chi connectivity index (χ3v) is 5.16. The standard InChI is InChI=1S/C18H18ClN3OS/c1-22(2)16(12-6-4-3-5-7-12)13-8-15(24-10-13)17(23)14-9-20-11-21-18(14)19/h3-11,16-17,23H,1-2H3/t16-,17+/m1/s1. The molecular weight excluding hydrogens is 342 g/mol. The maximum absolute atomic E-state index is 10.6. The van der Waals surface area contributed by atoms with Gasteiger partial charge in [0.25, 0.3) is 0 Å². The molecule has 0 spiro atoms. The summed E-state index contributed by atoms with van der Waals surface area (Å²) in [6, 6.07) is 12.5. The molecule has 0 aliphatic carbocycles. The first-order valence-electron chi connectivity index (χ1n) is 7.51. The van der Waals surface area contributed by atoms with Crippen molar-refractivity contribution < 1.29 is 5.11 Å². The van der Waals surface area contributed by atoms with Gasteiger partial charge in [0.2, 0.25) is 0 Å². The minimum absolute atomic E-state index is 0.130. The fourth-order valence-electron chi connectivity index (χ4n) is 2.74. The summed E-state index contributed by atoms with van der Waals surface area (Å²) in [6.45, 7) is 0. The molecule has 0 unspecified atom stereocenters. The van der Waals surface area contributed by atoms with E-state index in [-0.39, 0.29) is 11.2 Å². The van der Waals surface area contributed by atoms with Gasteiger partial charge in [-0.05, 0) is 36.7 Å². The van der Waals surface area contributed by atoms with Crippen molar-refractivity contribution in [2.45, 2.75) is 12.1 Å². The van der Waals surface area contributed by atoms with Gasteiger partial charge in [0.1, 0.15) is 17.6 Å². The molecule has 124 valence electrons. The number of aromatic nitrogens is 2. The van der Waals surface area contributed by atoms with Crippen molar-refractivity contribution in [2.24, 2.45) is 0 Å². The van der Waals surface area contributed by atoms with Crippen LogP contribution in [0.5, 0.6) is 0 Å². The van der Waals surface area contributed by atoms with E-state index in [2.05, 4.69) is 32.4 Å². The van der Waals surface area contributed by atoms with E-state index in [1.54, 1.807) is 6.20 Å². The lowest BCUT2D eigenvalue weighted by atomic mass is 9.99. The fraction of sp³-hybridized carbons (Fsp3) is 0.222. The van der Waals surface area contributed by atoms with Gasteiger partial charge in [-0.3, -0.25) is 4.90 Å². The molecule has 0 aliphatic rings. The summed E-state index contributed by atoms with van der Waals surface area (Å²) >= 11 is 7.58. The van der Waals surface area contributed by atoms with E-state index in [0.29, 0.717) is 5.56 Å². The number of aliphatic hydroxyl groups is 1. The summed E-state index contributed by atoms with van der Waals surface area (Å²) in [5.74, 6) is 0. The number of aliphatic hydroxyl groups excluding tert-OH is 1. The Bertz CT molecular complexity index is 807. The molecule has 0 amide bonds. The van der Waals surface area contributed by atoms with Gasteiger partial charge < -0.3 is 5.11 Å². The van der Waals surface area contributed by atoms with Crippen LogP contribution >= 0.6 is 22.9 Å². The zero-order valence-corrected chi connectivity index (χ0v) is 15.0. The molecule has 0 saturated carbocycles. The number of nitrogens with zero attached hydrogens (tertiary/aromatic N) is 3. The van der Waals surface area contributed by atoms with Crippen molar-refractivity contribution >= 4 is 22.9 Å². The van der Waals surface area contributed by atoms with Gasteiger partial charge in [0.15, 0.2) is 0 Å². The van der Waals surface area contributed by atoms with Crippen molar-refractivity contribution in [1.29, 1.82) is 0 Å². The van der Waals surface area contributed by atoms with Gasteiger partial charge in [0.05, 0.1) is 6.04 Å². The van der Waals surface area contributed by atoms with Gasteiger partial charge in [0, 0.05) is 16.6 Å². The smallest absolute Gasteiger partial charge is 0.138 e. The molecule has 6 heteroatoms. The molecule has 0 radical (unpaired) electrons. The third kappa shape index (κ3) is 3.49. The molecule has 2 atom stereocenters. The predicted molar refractivity (Wildman–Crippen MR) is 97.4 cm³/mol. The Morgan fingerprint density at radius 2 is 1.92 bits per heavy atom. The van der Waals surface area contributed by atoms with Crippen molar-refractivity contribution in [3.05, 3.63) is 81.0 Å². The van der Waals surface area contributed by atoms with Gasteiger partial charge in [-0.1, -0.05) is 41.9 Å². The van der Waals surface area contributed by atoms with E-state index in [0.717, 1.165) is 10.4 Å². The molecule has 2 heterocycles. The lowest BCUT2D eigenvalue weighted by molar-refractivity contribution is 0.223. The van der Waals surface area contributed by atoms with Crippen LogP contribution in [0.25, 0.3) is 0 Å². The second kappa shape index (κ2) is 7.40. The Morgan fingerprint density at radius 1 is 1.17 bits per heavy atom. The second-order valence-corrected chi connectivity index (χ2v) is 7.03. The molecule has 4 nitrogen and oxygen atoms in total. The fourth-order valence-corrected chi connectivity index (χ4v) is 3.87. The number of thiophene rings is 1. The molecule has 1 aromatic carbocycles. The Kier molecular flexibility index (Phi) is 5.26. The van der Waals surface area contributed by atoms with Crippen LogP contribution in [0.1, 0.15) is 33.7 Å². The Morgan fingerprint density at radius 3 is 2.58 bits per heavy atom. The summed E-state index contributed by atoms with van der Waals surface area (Å²) in [5, 5.41) is 13.0. The SMILES string of the molecule is CN(C)[C@H](c1ccccc1)c1csc([C@@H](O)c2cncnc2Cl)c1. The van der Waals surface area contributed by atoms with Crippen molar-refractivity contribution in [2.75, 3.05) is 14.1 Å². The minimum Gasteiger partial charge on any atom is -0.383 e. The van der Waals surface area contributed by atoms with Crippen LogP contribution in [0.4, 0.5) is 0 Å². The van der Waals surface area contributed by atoms with E-state index in [9.17, 15) is 5.11 Å². The van der Waals surface area contributed by atoms with Crippen molar-refractivity contribution in [3.63, 3.8) is 0 Å². The highest BCUT2D eigenvalue weighted by Gasteiger charge is 2.22. The van der Waals surface area contributed by atoms with Crippen molar-refractivity contribution in [1.82, 2.24) is 14.9 Å².